The van der Waals surface area contributed by atoms with Crippen molar-refractivity contribution in [3.05, 3.63) is 0 Å². The fourth-order valence-corrected chi connectivity index (χ4v) is 2.92. The first kappa shape index (κ1) is 13.4. The second-order valence-corrected chi connectivity index (χ2v) is 6.02. The Morgan fingerprint density at radius 1 is 1.56 bits per heavy atom. The minimum Gasteiger partial charge on any atom is -0.468 e. The van der Waals surface area contributed by atoms with Crippen LogP contribution in [0.1, 0.15) is 12.8 Å². The van der Waals surface area contributed by atoms with Crippen molar-refractivity contribution < 1.29 is 17.9 Å². The second kappa shape index (κ2) is 5.11. The van der Waals surface area contributed by atoms with E-state index in [1.54, 1.807) is 0 Å². The Bertz CT molecular complexity index is 351. The number of methoxy groups -OCH3 is 1. The molecule has 0 aromatic heterocycles. The number of likely N-dealkylation sites (N-methyl/N-ethyl adjacent to an activating group) is 1. The number of carbonyl (C=O) groups is 1. The van der Waals surface area contributed by atoms with Crippen LogP contribution in [0.2, 0.25) is 0 Å². The van der Waals surface area contributed by atoms with Crippen LogP contribution in [0.3, 0.4) is 0 Å². The van der Waals surface area contributed by atoms with Crippen LogP contribution in [0, 0.1) is 5.92 Å². The lowest BCUT2D eigenvalue weighted by Crippen LogP contribution is -2.45. The Labute approximate surface area is 95.8 Å². The van der Waals surface area contributed by atoms with Gasteiger partial charge in [0.05, 0.1) is 7.11 Å². The number of nitrogens with zero attached hydrogens (tertiary/aromatic N) is 1. The summed E-state index contributed by atoms with van der Waals surface area (Å²) in [6, 6.07) is -0.199. The Kier molecular flexibility index (Phi) is 4.28. The molecule has 1 rings (SSSR count). The molecule has 1 atom stereocenters. The number of ether oxygens (including phenoxy) is 1. The topological polar surface area (TPSA) is 89.7 Å². The van der Waals surface area contributed by atoms with Gasteiger partial charge < -0.3 is 10.5 Å². The van der Waals surface area contributed by atoms with Gasteiger partial charge in [-0.05, 0) is 18.8 Å². The van der Waals surface area contributed by atoms with Gasteiger partial charge in [-0.3, -0.25) is 4.79 Å². The molecule has 1 saturated carbocycles. The molecule has 7 heteroatoms. The third-order valence-corrected chi connectivity index (χ3v) is 4.59. The molecule has 0 aliphatic heterocycles. The largest absolute Gasteiger partial charge is 0.468 e. The maximum Gasteiger partial charge on any atom is 0.322 e. The fourth-order valence-electron chi connectivity index (χ4n) is 1.63. The standard InChI is InChI=1S/C9H18N2O4S/c1-11(8(5-10)7-3-4-7)16(13,14)6-9(12)15-2/h7-8H,3-6,10H2,1-2H3. The molecule has 0 bridgehead atoms. The quantitative estimate of drug-likeness (QED) is 0.621. The van der Waals surface area contributed by atoms with Gasteiger partial charge in [0.2, 0.25) is 10.0 Å². The summed E-state index contributed by atoms with van der Waals surface area (Å²) >= 11 is 0. The van der Waals surface area contributed by atoms with Crippen molar-refractivity contribution >= 4 is 16.0 Å². The molecule has 1 aliphatic rings. The first-order chi connectivity index (χ1) is 7.42. The van der Waals surface area contributed by atoms with E-state index >= 15 is 0 Å². The molecule has 0 saturated heterocycles. The van der Waals surface area contributed by atoms with Crippen molar-refractivity contribution in [2.45, 2.75) is 18.9 Å². The van der Waals surface area contributed by atoms with Crippen LogP contribution in [-0.4, -0.2) is 51.2 Å². The maximum absolute atomic E-state index is 11.8. The zero-order valence-electron chi connectivity index (χ0n) is 9.55. The Morgan fingerprint density at radius 2 is 2.12 bits per heavy atom. The second-order valence-electron chi connectivity index (χ2n) is 3.99. The van der Waals surface area contributed by atoms with E-state index in [1.807, 2.05) is 0 Å². The lowest BCUT2D eigenvalue weighted by molar-refractivity contribution is -0.137. The minimum absolute atomic E-state index is 0.199. The highest BCUT2D eigenvalue weighted by atomic mass is 32.2. The van der Waals surface area contributed by atoms with Crippen LogP contribution >= 0.6 is 0 Å². The summed E-state index contributed by atoms with van der Waals surface area (Å²) in [5, 5.41) is 0. The highest BCUT2D eigenvalue weighted by Crippen LogP contribution is 2.35. The Balaban J connectivity index is 2.69. The highest BCUT2D eigenvalue weighted by molar-refractivity contribution is 7.89. The first-order valence-corrected chi connectivity index (χ1v) is 6.76. The molecule has 0 heterocycles. The minimum atomic E-state index is -3.61. The fraction of sp³-hybridized carbons (Fsp3) is 0.889. The first-order valence-electron chi connectivity index (χ1n) is 5.15. The summed E-state index contributed by atoms with van der Waals surface area (Å²) in [6.07, 6.45) is 2.00. The molecule has 1 fully saturated rings. The van der Waals surface area contributed by atoms with Crippen LogP contribution in [0.25, 0.3) is 0 Å². The van der Waals surface area contributed by atoms with Crippen molar-refractivity contribution in [1.82, 2.24) is 4.31 Å². The van der Waals surface area contributed by atoms with Gasteiger partial charge in [0.25, 0.3) is 0 Å². The zero-order chi connectivity index (χ0) is 12.3. The van der Waals surface area contributed by atoms with E-state index in [-0.39, 0.29) is 12.6 Å². The number of esters is 1. The SMILES string of the molecule is COC(=O)CS(=O)(=O)N(C)C(CN)C1CC1. The third-order valence-electron chi connectivity index (χ3n) is 2.84. The van der Waals surface area contributed by atoms with E-state index in [1.165, 1.54) is 18.5 Å². The zero-order valence-corrected chi connectivity index (χ0v) is 10.4. The van der Waals surface area contributed by atoms with Crippen molar-refractivity contribution in [3.63, 3.8) is 0 Å². The Morgan fingerprint density at radius 3 is 2.50 bits per heavy atom. The van der Waals surface area contributed by atoms with Gasteiger partial charge >= 0.3 is 5.97 Å². The van der Waals surface area contributed by atoms with Crippen molar-refractivity contribution in [2.24, 2.45) is 11.7 Å². The van der Waals surface area contributed by atoms with Gasteiger partial charge in [0, 0.05) is 19.6 Å². The molecular formula is C9H18N2O4S. The highest BCUT2D eigenvalue weighted by Gasteiger charge is 2.38. The average Bonchev–Trinajstić information content (AvgIpc) is 3.02. The number of hydrogen-bond donors (Lipinski definition) is 1. The molecule has 1 aliphatic carbocycles. The Hall–Kier alpha value is -0.660. The molecule has 94 valence electrons. The predicted molar refractivity (Wildman–Crippen MR) is 59.1 cm³/mol. The molecule has 0 aromatic carbocycles. The lowest BCUT2D eigenvalue weighted by Gasteiger charge is -2.25. The molecule has 16 heavy (non-hydrogen) atoms. The summed E-state index contributed by atoms with van der Waals surface area (Å²) < 4.78 is 29.2. The van der Waals surface area contributed by atoms with Gasteiger partial charge in [0.1, 0.15) is 0 Å². The summed E-state index contributed by atoms with van der Waals surface area (Å²) in [5.41, 5.74) is 5.55. The van der Waals surface area contributed by atoms with Crippen LogP contribution in [0.4, 0.5) is 0 Å². The van der Waals surface area contributed by atoms with Crippen molar-refractivity contribution in [3.8, 4) is 0 Å². The lowest BCUT2D eigenvalue weighted by atomic mass is 10.2. The van der Waals surface area contributed by atoms with Gasteiger partial charge in [-0.2, -0.15) is 4.31 Å². The van der Waals surface area contributed by atoms with E-state index in [4.69, 9.17) is 5.73 Å². The van der Waals surface area contributed by atoms with E-state index in [2.05, 4.69) is 4.74 Å². The molecule has 0 spiro atoms. The summed E-state index contributed by atoms with van der Waals surface area (Å²) in [5.74, 6) is -1.04. The van der Waals surface area contributed by atoms with Gasteiger partial charge in [-0.1, -0.05) is 0 Å². The number of sulfonamides is 1. The van der Waals surface area contributed by atoms with Crippen LogP contribution < -0.4 is 5.73 Å². The molecule has 6 nitrogen and oxygen atoms in total. The van der Waals surface area contributed by atoms with Gasteiger partial charge in [0.15, 0.2) is 5.75 Å². The van der Waals surface area contributed by atoms with Crippen LogP contribution in [0.15, 0.2) is 0 Å². The van der Waals surface area contributed by atoms with E-state index in [9.17, 15) is 13.2 Å². The summed E-state index contributed by atoms with van der Waals surface area (Å²) in [4.78, 5) is 11.0. The number of nitrogens with two attached hydrogens (primary N) is 1. The van der Waals surface area contributed by atoms with Crippen molar-refractivity contribution in [1.29, 1.82) is 0 Å². The van der Waals surface area contributed by atoms with Gasteiger partial charge in [-0.15, -0.1) is 0 Å². The van der Waals surface area contributed by atoms with Crippen molar-refractivity contribution in [2.75, 3.05) is 26.5 Å². The molecule has 0 radical (unpaired) electrons. The van der Waals surface area contributed by atoms with Crippen LogP contribution in [0.5, 0.6) is 0 Å². The van der Waals surface area contributed by atoms with E-state index in [0.29, 0.717) is 5.92 Å². The van der Waals surface area contributed by atoms with Crippen LogP contribution in [-0.2, 0) is 19.6 Å². The smallest absolute Gasteiger partial charge is 0.322 e. The molecule has 2 N–H and O–H groups in total. The average molecular weight is 250 g/mol. The normalized spacial score (nSPS) is 18.5. The maximum atomic E-state index is 11.8. The number of carbonyl (C=O) groups excluding carboxylic acids is 1. The number of hydrogen-bond acceptors (Lipinski definition) is 5. The van der Waals surface area contributed by atoms with Gasteiger partial charge in [-0.25, -0.2) is 8.42 Å². The molecule has 0 aromatic rings. The summed E-state index contributed by atoms with van der Waals surface area (Å²) in [6.45, 7) is 0.279. The number of rotatable bonds is 6. The molecule has 1 unspecified atom stereocenters. The monoisotopic (exact) mass is 250 g/mol. The third kappa shape index (κ3) is 3.16. The molecular weight excluding hydrogens is 232 g/mol. The predicted octanol–water partition coefficient (Wildman–Crippen LogP) is -0.842. The van der Waals surface area contributed by atoms with E-state index < -0.39 is 21.7 Å². The van der Waals surface area contributed by atoms with E-state index in [0.717, 1.165) is 12.8 Å². The molecule has 0 amide bonds. The summed E-state index contributed by atoms with van der Waals surface area (Å²) in [7, 11) is -0.977.